The molecule has 1 N–H and O–H groups in total. The molecule has 6 nitrogen and oxygen atoms in total. The van der Waals surface area contributed by atoms with Crippen molar-refractivity contribution in [2.75, 3.05) is 40.4 Å². The molecule has 1 amide bonds. The summed E-state index contributed by atoms with van der Waals surface area (Å²) in [7, 11) is 3.56. The summed E-state index contributed by atoms with van der Waals surface area (Å²) in [5.41, 5.74) is 1.51. The van der Waals surface area contributed by atoms with Gasteiger partial charge < -0.3 is 19.5 Å². The lowest BCUT2D eigenvalue weighted by Crippen LogP contribution is -2.50. The Balaban J connectivity index is 1.52. The van der Waals surface area contributed by atoms with Gasteiger partial charge >= 0.3 is 0 Å². The lowest BCUT2D eigenvalue weighted by Gasteiger charge is -2.38. The SMILES string of the molecule is COCC1(C(=O)N(C)CCCc2cc(-c3ccccc3)no2)CCNCC1. The highest BCUT2D eigenvalue weighted by atomic mass is 16.5. The Labute approximate surface area is 160 Å². The molecule has 0 atom stereocenters. The third kappa shape index (κ3) is 4.76. The molecule has 1 aliphatic rings. The molecule has 27 heavy (non-hydrogen) atoms. The van der Waals surface area contributed by atoms with Crippen molar-refractivity contribution >= 4 is 5.91 Å². The van der Waals surface area contributed by atoms with Crippen LogP contribution in [0.25, 0.3) is 11.3 Å². The summed E-state index contributed by atoms with van der Waals surface area (Å²) in [5.74, 6) is 1.04. The molecule has 6 heteroatoms. The van der Waals surface area contributed by atoms with Gasteiger partial charge in [0, 0.05) is 38.8 Å². The summed E-state index contributed by atoms with van der Waals surface area (Å²) in [6, 6.07) is 12.0. The van der Waals surface area contributed by atoms with E-state index in [2.05, 4.69) is 10.5 Å². The van der Waals surface area contributed by atoms with E-state index in [4.69, 9.17) is 9.26 Å². The van der Waals surface area contributed by atoms with Crippen molar-refractivity contribution in [1.29, 1.82) is 0 Å². The van der Waals surface area contributed by atoms with Crippen LogP contribution < -0.4 is 5.32 Å². The average molecular weight is 371 g/mol. The number of methoxy groups -OCH3 is 1. The van der Waals surface area contributed by atoms with Crippen LogP contribution >= 0.6 is 0 Å². The van der Waals surface area contributed by atoms with E-state index in [-0.39, 0.29) is 11.3 Å². The Hall–Kier alpha value is -2.18. The zero-order valence-corrected chi connectivity index (χ0v) is 16.2. The Morgan fingerprint density at radius 3 is 2.74 bits per heavy atom. The van der Waals surface area contributed by atoms with Crippen LogP contribution in [-0.2, 0) is 16.0 Å². The normalized spacial score (nSPS) is 16.2. The monoisotopic (exact) mass is 371 g/mol. The Kier molecular flexibility index (Phi) is 6.63. The molecule has 2 aromatic rings. The van der Waals surface area contributed by atoms with Crippen molar-refractivity contribution in [2.24, 2.45) is 5.41 Å². The van der Waals surface area contributed by atoms with E-state index in [0.717, 1.165) is 55.8 Å². The van der Waals surface area contributed by atoms with Gasteiger partial charge in [0.15, 0.2) is 0 Å². The zero-order valence-electron chi connectivity index (χ0n) is 16.2. The number of carbonyl (C=O) groups excluding carboxylic acids is 1. The minimum atomic E-state index is -0.387. The van der Waals surface area contributed by atoms with Crippen LogP contribution in [0.4, 0.5) is 0 Å². The van der Waals surface area contributed by atoms with Gasteiger partial charge in [0.05, 0.1) is 12.0 Å². The fourth-order valence-electron chi connectivity index (χ4n) is 3.77. The Morgan fingerprint density at radius 1 is 1.30 bits per heavy atom. The molecule has 1 aromatic carbocycles. The molecule has 1 fully saturated rings. The van der Waals surface area contributed by atoms with Gasteiger partial charge in [-0.2, -0.15) is 0 Å². The molecule has 0 spiro atoms. The second-order valence-corrected chi connectivity index (χ2v) is 7.34. The standard InChI is InChI=1S/C21H29N3O3/c1-24(20(25)21(16-26-2)10-12-22-13-11-21)14-6-9-18-15-19(23-27-18)17-7-4-3-5-8-17/h3-5,7-8,15,22H,6,9-14,16H2,1-2H3. The third-order valence-corrected chi connectivity index (χ3v) is 5.33. The molecular formula is C21H29N3O3. The van der Waals surface area contributed by atoms with Crippen LogP contribution in [0.2, 0.25) is 0 Å². The van der Waals surface area contributed by atoms with E-state index in [0.29, 0.717) is 13.2 Å². The predicted molar refractivity (Wildman–Crippen MR) is 104 cm³/mol. The maximum absolute atomic E-state index is 13.0. The van der Waals surface area contributed by atoms with Crippen LogP contribution in [0.1, 0.15) is 25.0 Å². The maximum Gasteiger partial charge on any atom is 0.230 e. The number of piperidine rings is 1. The van der Waals surface area contributed by atoms with Crippen LogP contribution in [-0.4, -0.2) is 56.4 Å². The number of nitrogens with zero attached hydrogens (tertiary/aromatic N) is 2. The summed E-state index contributed by atoms with van der Waals surface area (Å²) in [5, 5.41) is 7.48. The molecule has 1 aromatic heterocycles. The van der Waals surface area contributed by atoms with Crippen LogP contribution in [0.3, 0.4) is 0 Å². The number of rotatable bonds is 8. The van der Waals surface area contributed by atoms with E-state index >= 15 is 0 Å². The molecule has 1 aliphatic heterocycles. The predicted octanol–water partition coefficient (Wildman–Crippen LogP) is 2.75. The maximum atomic E-state index is 13.0. The Morgan fingerprint density at radius 2 is 2.04 bits per heavy atom. The van der Waals surface area contributed by atoms with Crippen LogP contribution in [0, 0.1) is 5.41 Å². The number of aryl methyl sites for hydroxylation is 1. The minimum Gasteiger partial charge on any atom is -0.384 e. The van der Waals surface area contributed by atoms with E-state index < -0.39 is 0 Å². The summed E-state index contributed by atoms with van der Waals surface area (Å²) in [4.78, 5) is 14.9. The van der Waals surface area contributed by atoms with Crippen molar-refractivity contribution in [3.63, 3.8) is 0 Å². The lowest BCUT2D eigenvalue weighted by atomic mass is 9.78. The third-order valence-electron chi connectivity index (χ3n) is 5.33. The first-order valence-corrected chi connectivity index (χ1v) is 9.61. The first-order valence-electron chi connectivity index (χ1n) is 9.61. The van der Waals surface area contributed by atoms with Crippen molar-refractivity contribution in [2.45, 2.75) is 25.7 Å². The van der Waals surface area contributed by atoms with Crippen LogP contribution in [0.5, 0.6) is 0 Å². The first-order chi connectivity index (χ1) is 13.1. The molecule has 2 heterocycles. The van der Waals surface area contributed by atoms with Crippen LogP contribution in [0.15, 0.2) is 40.9 Å². The number of aromatic nitrogens is 1. The van der Waals surface area contributed by atoms with Crippen molar-refractivity contribution in [3.05, 3.63) is 42.2 Å². The summed E-state index contributed by atoms with van der Waals surface area (Å²) in [6.45, 7) is 2.91. The number of benzene rings is 1. The smallest absolute Gasteiger partial charge is 0.230 e. The lowest BCUT2D eigenvalue weighted by molar-refractivity contribution is -0.146. The number of hydrogen-bond donors (Lipinski definition) is 1. The fourth-order valence-corrected chi connectivity index (χ4v) is 3.77. The minimum absolute atomic E-state index is 0.188. The number of carbonyl (C=O) groups is 1. The fraction of sp³-hybridized carbons (Fsp3) is 0.524. The highest BCUT2D eigenvalue weighted by Gasteiger charge is 2.41. The number of hydrogen-bond acceptors (Lipinski definition) is 5. The summed E-state index contributed by atoms with van der Waals surface area (Å²) >= 11 is 0. The van der Waals surface area contributed by atoms with E-state index in [1.54, 1.807) is 7.11 Å². The second-order valence-electron chi connectivity index (χ2n) is 7.34. The van der Waals surface area contributed by atoms with Gasteiger partial charge in [-0.1, -0.05) is 35.5 Å². The molecule has 0 saturated carbocycles. The number of amides is 1. The number of ether oxygens (including phenoxy) is 1. The summed E-state index contributed by atoms with van der Waals surface area (Å²) < 4.78 is 10.8. The largest absolute Gasteiger partial charge is 0.384 e. The van der Waals surface area contributed by atoms with E-state index in [1.165, 1.54) is 0 Å². The van der Waals surface area contributed by atoms with Crippen molar-refractivity contribution < 1.29 is 14.1 Å². The molecule has 3 rings (SSSR count). The van der Waals surface area contributed by atoms with Gasteiger partial charge in [-0.25, -0.2) is 0 Å². The topological polar surface area (TPSA) is 67.6 Å². The molecule has 0 bridgehead atoms. The van der Waals surface area contributed by atoms with Crippen molar-refractivity contribution in [3.8, 4) is 11.3 Å². The van der Waals surface area contributed by atoms with Gasteiger partial charge in [-0.3, -0.25) is 4.79 Å². The number of nitrogens with one attached hydrogen (secondary N) is 1. The highest BCUT2D eigenvalue weighted by Crippen LogP contribution is 2.31. The van der Waals surface area contributed by atoms with Gasteiger partial charge in [-0.05, 0) is 32.4 Å². The van der Waals surface area contributed by atoms with Gasteiger partial charge in [-0.15, -0.1) is 0 Å². The quantitative estimate of drug-likeness (QED) is 0.773. The highest BCUT2D eigenvalue weighted by molar-refractivity contribution is 5.82. The molecule has 0 aliphatic carbocycles. The Bertz CT molecular complexity index is 718. The molecule has 1 saturated heterocycles. The molecule has 146 valence electrons. The zero-order chi connectivity index (χ0) is 19.1. The molecular weight excluding hydrogens is 342 g/mol. The first kappa shape index (κ1) is 19.6. The van der Waals surface area contributed by atoms with Gasteiger partial charge in [0.25, 0.3) is 0 Å². The average Bonchev–Trinajstić information content (AvgIpc) is 3.18. The van der Waals surface area contributed by atoms with Crippen molar-refractivity contribution in [1.82, 2.24) is 15.4 Å². The second kappa shape index (κ2) is 9.15. The molecule has 0 radical (unpaired) electrons. The summed E-state index contributed by atoms with van der Waals surface area (Å²) in [6.07, 6.45) is 3.25. The van der Waals surface area contributed by atoms with E-state index in [1.807, 2.05) is 48.3 Å². The van der Waals surface area contributed by atoms with Gasteiger partial charge in [0.1, 0.15) is 11.5 Å². The van der Waals surface area contributed by atoms with Gasteiger partial charge in [0.2, 0.25) is 5.91 Å². The molecule has 0 unspecified atom stereocenters. The van der Waals surface area contributed by atoms with E-state index in [9.17, 15) is 4.79 Å².